The van der Waals surface area contributed by atoms with Gasteiger partial charge in [0.2, 0.25) is 15.9 Å². The monoisotopic (exact) mass is 576 g/mol. The molecule has 204 valence electrons. The average molecular weight is 577 g/mol. The maximum absolute atomic E-state index is 13.8. The van der Waals surface area contributed by atoms with Gasteiger partial charge in [0.25, 0.3) is 0 Å². The number of ether oxygens (including phenoxy) is 2. The second-order valence-electron chi connectivity index (χ2n) is 10.2. The predicted octanol–water partition coefficient (Wildman–Crippen LogP) is 5.71. The first-order chi connectivity index (χ1) is 17.9. The normalized spacial score (nSPS) is 15.9. The standard InChI is InChI=1S/C28H33ClN2O5S2/c1-19-16-21(8-11-24(19)29)36-18-25-23-13-15-37-26(23)12-14-30(25)27(32)17-31(28(2,3)4)38(33,34)22-9-6-20(35-5)7-10-22/h6-11,13,15-16,25H,12,14,17-18H2,1-5H3. The molecule has 0 aliphatic carbocycles. The predicted molar refractivity (Wildman–Crippen MR) is 151 cm³/mol. The van der Waals surface area contributed by atoms with E-state index < -0.39 is 15.6 Å². The van der Waals surface area contributed by atoms with E-state index in [0.717, 1.165) is 17.5 Å². The molecule has 38 heavy (non-hydrogen) atoms. The van der Waals surface area contributed by atoms with Crippen molar-refractivity contribution in [3.05, 3.63) is 74.9 Å². The van der Waals surface area contributed by atoms with Crippen molar-refractivity contribution < 1.29 is 22.7 Å². The minimum Gasteiger partial charge on any atom is -0.497 e. The number of nitrogens with zero attached hydrogens (tertiary/aromatic N) is 2. The van der Waals surface area contributed by atoms with E-state index >= 15 is 0 Å². The molecule has 1 aliphatic rings. The van der Waals surface area contributed by atoms with Crippen molar-refractivity contribution in [2.24, 2.45) is 0 Å². The zero-order valence-corrected chi connectivity index (χ0v) is 24.6. The third-order valence-electron chi connectivity index (χ3n) is 6.63. The number of rotatable bonds is 8. The Labute approximate surface area is 234 Å². The van der Waals surface area contributed by atoms with Gasteiger partial charge >= 0.3 is 0 Å². The fraction of sp³-hybridized carbons (Fsp3) is 0.393. The Bertz CT molecular complexity index is 1400. The van der Waals surface area contributed by atoms with Crippen molar-refractivity contribution >= 4 is 38.9 Å². The lowest BCUT2D eigenvalue weighted by Gasteiger charge is -2.39. The largest absolute Gasteiger partial charge is 0.497 e. The van der Waals surface area contributed by atoms with Crippen LogP contribution in [0.25, 0.3) is 0 Å². The van der Waals surface area contributed by atoms with Crippen LogP contribution >= 0.6 is 22.9 Å². The molecule has 1 aromatic heterocycles. The molecule has 0 spiro atoms. The maximum atomic E-state index is 13.8. The van der Waals surface area contributed by atoms with E-state index in [-0.39, 0.29) is 30.0 Å². The summed E-state index contributed by atoms with van der Waals surface area (Å²) in [4.78, 5) is 16.9. The molecule has 7 nitrogen and oxygen atoms in total. The topological polar surface area (TPSA) is 76.2 Å². The fourth-order valence-corrected chi connectivity index (χ4v) is 7.31. The zero-order valence-electron chi connectivity index (χ0n) is 22.2. The summed E-state index contributed by atoms with van der Waals surface area (Å²) >= 11 is 7.82. The minimum absolute atomic E-state index is 0.109. The Morgan fingerprint density at radius 2 is 1.82 bits per heavy atom. The van der Waals surface area contributed by atoms with Gasteiger partial charge in [-0.2, -0.15) is 4.31 Å². The molecular formula is C28H33ClN2O5S2. The van der Waals surface area contributed by atoms with E-state index in [1.807, 2.05) is 30.5 Å². The van der Waals surface area contributed by atoms with Gasteiger partial charge in [0.15, 0.2) is 0 Å². The number of methoxy groups -OCH3 is 1. The summed E-state index contributed by atoms with van der Waals surface area (Å²) in [6.45, 7) is 7.73. The Morgan fingerprint density at radius 3 is 2.45 bits per heavy atom. The van der Waals surface area contributed by atoms with Crippen LogP contribution in [0.4, 0.5) is 0 Å². The number of sulfonamides is 1. The van der Waals surface area contributed by atoms with E-state index in [1.54, 1.807) is 55.2 Å². The first-order valence-corrected chi connectivity index (χ1v) is 15.0. The van der Waals surface area contributed by atoms with Crippen LogP contribution in [0.2, 0.25) is 5.02 Å². The molecule has 0 N–H and O–H groups in total. The smallest absolute Gasteiger partial charge is 0.244 e. The molecule has 0 radical (unpaired) electrons. The van der Waals surface area contributed by atoms with Crippen LogP contribution in [0.3, 0.4) is 0 Å². The summed E-state index contributed by atoms with van der Waals surface area (Å²) in [6, 6.07) is 13.4. The molecular weight excluding hydrogens is 544 g/mol. The third kappa shape index (κ3) is 6.01. The third-order valence-corrected chi connectivity index (χ3v) is 10.2. The summed E-state index contributed by atoms with van der Waals surface area (Å²) in [5.41, 5.74) is 1.12. The first-order valence-electron chi connectivity index (χ1n) is 12.3. The van der Waals surface area contributed by atoms with Crippen LogP contribution in [-0.2, 0) is 21.2 Å². The van der Waals surface area contributed by atoms with Gasteiger partial charge in [-0.3, -0.25) is 4.79 Å². The van der Waals surface area contributed by atoms with Crippen LogP contribution in [0.15, 0.2) is 58.8 Å². The highest BCUT2D eigenvalue weighted by atomic mass is 35.5. The maximum Gasteiger partial charge on any atom is 0.244 e. The van der Waals surface area contributed by atoms with Gasteiger partial charge in [0, 0.05) is 22.0 Å². The van der Waals surface area contributed by atoms with Crippen molar-refractivity contribution in [2.45, 2.75) is 50.6 Å². The van der Waals surface area contributed by atoms with Crippen LogP contribution in [-0.4, -0.2) is 55.9 Å². The lowest BCUT2D eigenvalue weighted by atomic mass is 10.00. The highest BCUT2D eigenvalue weighted by Crippen LogP contribution is 2.35. The van der Waals surface area contributed by atoms with Gasteiger partial charge < -0.3 is 14.4 Å². The van der Waals surface area contributed by atoms with Gasteiger partial charge in [0.05, 0.1) is 24.6 Å². The molecule has 0 saturated heterocycles. The molecule has 1 aliphatic heterocycles. The van der Waals surface area contributed by atoms with Gasteiger partial charge in [-0.25, -0.2) is 8.42 Å². The molecule has 1 unspecified atom stereocenters. The minimum atomic E-state index is -3.96. The Kier molecular flexibility index (Phi) is 8.42. The number of benzene rings is 2. The number of carbonyl (C=O) groups excluding carboxylic acids is 1. The van der Waals surface area contributed by atoms with E-state index in [4.69, 9.17) is 21.1 Å². The molecule has 10 heteroatoms. The molecule has 1 amide bonds. The van der Waals surface area contributed by atoms with Crippen molar-refractivity contribution in [3.8, 4) is 11.5 Å². The van der Waals surface area contributed by atoms with Crippen LogP contribution in [0, 0.1) is 6.92 Å². The molecule has 2 heterocycles. The summed E-state index contributed by atoms with van der Waals surface area (Å²) in [5, 5.41) is 2.68. The van der Waals surface area contributed by atoms with E-state index in [9.17, 15) is 13.2 Å². The van der Waals surface area contributed by atoms with Gasteiger partial charge in [-0.05, 0) is 99.2 Å². The number of thiophene rings is 1. The highest BCUT2D eigenvalue weighted by Gasteiger charge is 2.39. The van der Waals surface area contributed by atoms with Crippen LogP contribution in [0.1, 0.15) is 42.8 Å². The summed E-state index contributed by atoms with van der Waals surface area (Å²) < 4.78 is 39.9. The Hall–Kier alpha value is -2.59. The molecule has 3 aromatic rings. The highest BCUT2D eigenvalue weighted by molar-refractivity contribution is 7.89. The summed E-state index contributed by atoms with van der Waals surface area (Å²) in [7, 11) is -2.44. The second kappa shape index (κ2) is 11.3. The number of halogens is 1. The second-order valence-corrected chi connectivity index (χ2v) is 13.5. The van der Waals surface area contributed by atoms with E-state index in [2.05, 4.69) is 0 Å². The van der Waals surface area contributed by atoms with Gasteiger partial charge in [0.1, 0.15) is 18.1 Å². The molecule has 0 bridgehead atoms. The molecule has 2 aromatic carbocycles. The average Bonchev–Trinajstić information content (AvgIpc) is 3.36. The van der Waals surface area contributed by atoms with Crippen molar-refractivity contribution in [2.75, 3.05) is 26.8 Å². The molecule has 0 saturated carbocycles. The lowest BCUT2D eigenvalue weighted by Crippen LogP contribution is -2.52. The van der Waals surface area contributed by atoms with Gasteiger partial charge in [-0.15, -0.1) is 11.3 Å². The Morgan fingerprint density at radius 1 is 1.13 bits per heavy atom. The number of amides is 1. The van der Waals surface area contributed by atoms with Crippen LogP contribution in [0.5, 0.6) is 11.5 Å². The van der Waals surface area contributed by atoms with Crippen molar-refractivity contribution in [3.63, 3.8) is 0 Å². The Balaban J connectivity index is 1.60. The first kappa shape index (κ1) is 28.4. The summed E-state index contributed by atoms with van der Waals surface area (Å²) in [6.07, 6.45) is 0.718. The van der Waals surface area contributed by atoms with Crippen LogP contribution < -0.4 is 9.47 Å². The molecule has 4 rings (SSSR count). The zero-order chi connectivity index (χ0) is 27.7. The van der Waals surface area contributed by atoms with E-state index in [0.29, 0.717) is 23.1 Å². The number of hydrogen-bond donors (Lipinski definition) is 0. The number of hydrogen-bond acceptors (Lipinski definition) is 6. The fourth-order valence-electron chi connectivity index (χ4n) is 4.53. The van der Waals surface area contributed by atoms with Gasteiger partial charge in [-0.1, -0.05) is 11.6 Å². The van der Waals surface area contributed by atoms with Crippen molar-refractivity contribution in [1.29, 1.82) is 0 Å². The van der Waals surface area contributed by atoms with Crippen molar-refractivity contribution in [1.82, 2.24) is 9.21 Å². The van der Waals surface area contributed by atoms with E-state index in [1.165, 1.54) is 28.4 Å². The molecule has 0 fully saturated rings. The molecule has 1 atom stereocenters. The summed E-state index contributed by atoms with van der Waals surface area (Å²) in [5.74, 6) is 0.954. The quantitative estimate of drug-likeness (QED) is 0.343. The lowest BCUT2D eigenvalue weighted by molar-refractivity contribution is -0.135. The number of carbonyl (C=O) groups is 1. The number of fused-ring (bicyclic) bond motifs is 1. The SMILES string of the molecule is COc1ccc(S(=O)(=O)N(CC(=O)N2CCc3sccc3C2COc2ccc(Cl)c(C)c2)C(C)(C)C)cc1. The number of aryl methyl sites for hydroxylation is 1.